The second-order valence-corrected chi connectivity index (χ2v) is 12.8. The second-order valence-electron chi connectivity index (χ2n) is 11.1. The van der Waals surface area contributed by atoms with Crippen molar-refractivity contribution < 1.29 is 14.0 Å². The zero-order valence-electron chi connectivity index (χ0n) is 23.5. The molecule has 0 saturated carbocycles. The van der Waals surface area contributed by atoms with Crippen LogP contribution in [0.1, 0.15) is 58.1 Å². The molecule has 5 rings (SSSR count). The summed E-state index contributed by atoms with van der Waals surface area (Å²) in [6.45, 7) is 10.1. The van der Waals surface area contributed by atoms with Crippen LogP contribution in [-0.2, 0) is 17.8 Å². The van der Waals surface area contributed by atoms with Crippen molar-refractivity contribution in [1.82, 2.24) is 9.80 Å². The Morgan fingerprint density at radius 1 is 0.975 bits per heavy atom. The molecule has 2 aliphatic heterocycles. The molecular formula is C32H35FN4O2S. The molecule has 2 amide bonds. The van der Waals surface area contributed by atoms with Gasteiger partial charge in [-0.2, -0.15) is 10.2 Å². The van der Waals surface area contributed by atoms with Crippen LogP contribution in [-0.4, -0.2) is 52.5 Å². The van der Waals surface area contributed by atoms with E-state index in [9.17, 15) is 14.0 Å². The quantitative estimate of drug-likeness (QED) is 0.323. The lowest BCUT2D eigenvalue weighted by Gasteiger charge is -2.38. The first kappa shape index (κ1) is 28.0. The fourth-order valence-electron chi connectivity index (χ4n) is 5.41. The SMILES string of the molecule is Cc1ccc(SC(C)(C)C(=O)N2CCN(C(=O)c3cc(CC4N=NCc5ccccc54)ccc3F)CC2)c(C)c1. The lowest BCUT2D eigenvalue weighted by Crippen LogP contribution is -2.54. The molecule has 0 aliphatic carbocycles. The lowest BCUT2D eigenvalue weighted by molar-refractivity contribution is -0.134. The van der Waals surface area contributed by atoms with E-state index in [4.69, 9.17) is 0 Å². The van der Waals surface area contributed by atoms with E-state index in [2.05, 4.69) is 48.3 Å². The second kappa shape index (κ2) is 11.5. The van der Waals surface area contributed by atoms with Gasteiger partial charge in [-0.3, -0.25) is 9.59 Å². The number of hydrogen-bond donors (Lipinski definition) is 0. The van der Waals surface area contributed by atoms with Crippen LogP contribution in [0.3, 0.4) is 0 Å². The summed E-state index contributed by atoms with van der Waals surface area (Å²) >= 11 is 1.56. The zero-order chi connectivity index (χ0) is 28.4. The molecule has 0 spiro atoms. The third-order valence-corrected chi connectivity index (χ3v) is 8.99. The Morgan fingerprint density at radius 3 is 2.45 bits per heavy atom. The van der Waals surface area contributed by atoms with Gasteiger partial charge < -0.3 is 9.80 Å². The van der Waals surface area contributed by atoms with E-state index in [1.807, 2.05) is 36.9 Å². The van der Waals surface area contributed by atoms with E-state index >= 15 is 0 Å². The van der Waals surface area contributed by atoms with Crippen LogP contribution in [0.2, 0.25) is 0 Å². The molecule has 40 heavy (non-hydrogen) atoms. The normalized spacial score (nSPS) is 17.1. The van der Waals surface area contributed by atoms with Crippen molar-refractivity contribution >= 4 is 23.6 Å². The third kappa shape index (κ3) is 5.97. The van der Waals surface area contributed by atoms with E-state index in [0.29, 0.717) is 39.1 Å². The van der Waals surface area contributed by atoms with Crippen LogP contribution < -0.4 is 0 Å². The first-order chi connectivity index (χ1) is 19.1. The van der Waals surface area contributed by atoms with Crippen molar-refractivity contribution in [1.29, 1.82) is 0 Å². The highest BCUT2D eigenvalue weighted by Crippen LogP contribution is 2.36. The Labute approximate surface area is 239 Å². The highest BCUT2D eigenvalue weighted by Gasteiger charge is 2.36. The summed E-state index contributed by atoms with van der Waals surface area (Å²) in [6.07, 6.45) is 0.538. The van der Waals surface area contributed by atoms with Gasteiger partial charge in [0.05, 0.1) is 16.9 Å². The summed E-state index contributed by atoms with van der Waals surface area (Å²) in [6, 6.07) is 18.9. The number of thioether (sulfide) groups is 1. The summed E-state index contributed by atoms with van der Waals surface area (Å²) in [5.41, 5.74) is 5.51. The number of nitrogens with zero attached hydrogens (tertiary/aromatic N) is 4. The van der Waals surface area contributed by atoms with Gasteiger partial charge in [-0.15, -0.1) is 11.8 Å². The van der Waals surface area contributed by atoms with Crippen LogP contribution in [0.25, 0.3) is 0 Å². The molecule has 6 nitrogen and oxygen atoms in total. The molecule has 0 N–H and O–H groups in total. The molecule has 2 heterocycles. The Kier molecular flexibility index (Phi) is 8.08. The van der Waals surface area contributed by atoms with Crippen molar-refractivity contribution in [3.05, 3.63) is 99.9 Å². The smallest absolute Gasteiger partial charge is 0.256 e. The summed E-state index contributed by atoms with van der Waals surface area (Å²) in [7, 11) is 0. The molecule has 1 unspecified atom stereocenters. The minimum atomic E-state index is -0.651. The Bertz CT molecular complexity index is 1460. The molecule has 1 saturated heterocycles. The van der Waals surface area contributed by atoms with E-state index in [1.165, 1.54) is 11.6 Å². The molecule has 1 atom stereocenters. The molecule has 0 aromatic heterocycles. The number of azo groups is 1. The number of rotatable bonds is 6. The number of aryl methyl sites for hydroxylation is 2. The van der Waals surface area contributed by atoms with Gasteiger partial charge >= 0.3 is 0 Å². The zero-order valence-corrected chi connectivity index (χ0v) is 24.3. The largest absolute Gasteiger partial charge is 0.338 e. The van der Waals surface area contributed by atoms with Crippen molar-refractivity contribution in [2.45, 2.75) is 56.3 Å². The van der Waals surface area contributed by atoms with Gasteiger partial charge in [0.2, 0.25) is 5.91 Å². The van der Waals surface area contributed by atoms with Crippen LogP contribution >= 0.6 is 11.8 Å². The van der Waals surface area contributed by atoms with E-state index in [0.717, 1.165) is 27.1 Å². The highest BCUT2D eigenvalue weighted by atomic mass is 32.2. The number of amides is 2. The molecule has 3 aromatic rings. The summed E-state index contributed by atoms with van der Waals surface area (Å²) in [5.74, 6) is -0.843. The predicted molar refractivity (Wildman–Crippen MR) is 156 cm³/mol. The van der Waals surface area contributed by atoms with Crippen LogP contribution in [0, 0.1) is 19.7 Å². The minimum Gasteiger partial charge on any atom is -0.338 e. The number of hydrogen-bond acceptors (Lipinski definition) is 5. The number of carbonyl (C=O) groups is 2. The fraction of sp³-hybridized carbons (Fsp3) is 0.375. The molecule has 1 fully saturated rings. The molecule has 2 aliphatic rings. The monoisotopic (exact) mass is 558 g/mol. The molecule has 208 valence electrons. The maximum Gasteiger partial charge on any atom is 0.256 e. The number of benzene rings is 3. The van der Waals surface area contributed by atoms with Crippen LogP contribution in [0.15, 0.2) is 75.8 Å². The van der Waals surface area contributed by atoms with E-state index < -0.39 is 10.6 Å². The lowest BCUT2D eigenvalue weighted by atomic mass is 9.93. The number of carbonyl (C=O) groups excluding carboxylic acids is 2. The third-order valence-electron chi connectivity index (χ3n) is 7.63. The maximum atomic E-state index is 14.9. The first-order valence-corrected chi connectivity index (χ1v) is 14.5. The molecular weight excluding hydrogens is 523 g/mol. The van der Waals surface area contributed by atoms with Gasteiger partial charge in [-0.25, -0.2) is 4.39 Å². The van der Waals surface area contributed by atoms with Crippen LogP contribution in [0.5, 0.6) is 0 Å². The molecule has 0 bridgehead atoms. The van der Waals surface area contributed by atoms with E-state index in [-0.39, 0.29) is 23.4 Å². The number of halogens is 1. The summed E-state index contributed by atoms with van der Waals surface area (Å²) in [4.78, 5) is 31.4. The maximum absolute atomic E-state index is 14.9. The molecule has 3 aromatic carbocycles. The summed E-state index contributed by atoms with van der Waals surface area (Å²) in [5, 5.41) is 8.69. The number of piperazine rings is 1. The molecule has 8 heteroatoms. The van der Waals surface area contributed by atoms with Gasteiger partial charge in [0.1, 0.15) is 11.9 Å². The van der Waals surface area contributed by atoms with E-state index in [1.54, 1.807) is 28.8 Å². The van der Waals surface area contributed by atoms with Crippen molar-refractivity contribution in [3.63, 3.8) is 0 Å². The Balaban J connectivity index is 1.23. The van der Waals surface area contributed by atoms with Crippen molar-refractivity contribution in [3.8, 4) is 0 Å². The van der Waals surface area contributed by atoms with Crippen molar-refractivity contribution in [2.75, 3.05) is 26.2 Å². The standard InChI is InChI=1S/C32H35FN4O2S/c1-21-9-12-29(22(2)17-21)40-32(3,4)31(39)37-15-13-36(14-16-37)30(38)26-18-23(10-11-27(26)33)19-28-25-8-6-5-7-24(25)20-34-35-28/h5-12,17-18,28H,13-16,19-20H2,1-4H3. The Hall–Kier alpha value is -3.52. The average molecular weight is 559 g/mol. The Morgan fingerprint density at radius 2 is 1.70 bits per heavy atom. The van der Waals surface area contributed by atoms with Gasteiger partial charge in [0.25, 0.3) is 5.91 Å². The summed E-state index contributed by atoms with van der Waals surface area (Å²) < 4.78 is 14.2. The highest BCUT2D eigenvalue weighted by molar-refractivity contribution is 8.01. The average Bonchev–Trinajstić information content (AvgIpc) is 2.95. The van der Waals surface area contributed by atoms with Gasteiger partial charge in [-0.1, -0.05) is 48.0 Å². The van der Waals surface area contributed by atoms with Crippen molar-refractivity contribution in [2.24, 2.45) is 10.2 Å². The van der Waals surface area contributed by atoms with Crippen LogP contribution in [0.4, 0.5) is 4.39 Å². The molecule has 0 radical (unpaired) electrons. The predicted octanol–water partition coefficient (Wildman–Crippen LogP) is 6.55. The topological polar surface area (TPSA) is 65.3 Å². The van der Waals surface area contributed by atoms with Gasteiger partial charge in [-0.05, 0) is 68.1 Å². The van der Waals surface area contributed by atoms with Gasteiger partial charge in [0, 0.05) is 37.5 Å². The van der Waals surface area contributed by atoms with Gasteiger partial charge in [0.15, 0.2) is 0 Å². The fourth-order valence-corrected chi connectivity index (χ4v) is 6.54. The minimum absolute atomic E-state index is 0.0414. The first-order valence-electron chi connectivity index (χ1n) is 13.7. The number of fused-ring (bicyclic) bond motifs is 1.